The molecule has 0 bridgehead atoms. The molecule has 0 radical (unpaired) electrons. The molecule has 1 heterocycles. The highest BCUT2D eigenvalue weighted by Gasteiger charge is 2.46. The van der Waals surface area contributed by atoms with Crippen molar-refractivity contribution < 1.29 is 23.9 Å². The van der Waals surface area contributed by atoms with Gasteiger partial charge in [0.25, 0.3) is 6.23 Å². The minimum Gasteiger partial charge on any atom is -0.459 e. The van der Waals surface area contributed by atoms with Crippen LogP contribution in [0.3, 0.4) is 0 Å². The smallest absolute Gasteiger partial charge is 0.369 e. The summed E-state index contributed by atoms with van der Waals surface area (Å²) in [4.78, 5) is 36.8. The van der Waals surface area contributed by atoms with E-state index in [1.165, 1.54) is 11.8 Å². The second-order valence-corrected chi connectivity index (χ2v) is 6.31. The summed E-state index contributed by atoms with van der Waals surface area (Å²) in [6.07, 6.45) is -0.233. The van der Waals surface area contributed by atoms with Crippen molar-refractivity contribution in [1.29, 1.82) is 0 Å². The number of carbonyl (C=O) groups excluding carboxylic acids is 3. The number of benzene rings is 1. The lowest BCUT2D eigenvalue weighted by molar-refractivity contribution is -0.197. The van der Waals surface area contributed by atoms with Gasteiger partial charge < -0.3 is 9.47 Å². The monoisotopic (exact) mass is 357 g/mol. The van der Waals surface area contributed by atoms with Crippen LogP contribution in [0.5, 0.6) is 0 Å². The van der Waals surface area contributed by atoms with Gasteiger partial charge in [-0.25, -0.2) is 4.79 Å². The molecule has 1 saturated heterocycles. The van der Waals surface area contributed by atoms with E-state index in [9.17, 15) is 14.4 Å². The van der Waals surface area contributed by atoms with Gasteiger partial charge in [0.05, 0.1) is 6.10 Å². The zero-order valence-corrected chi connectivity index (χ0v) is 15.2. The molecule has 1 aliphatic rings. The summed E-state index contributed by atoms with van der Waals surface area (Å²) in [6, 6.07) is 9.40. The summed E-state index contributed by atoms with van der Waals surface area (Å²) >= 11 is 0. The molecule has 2 atom stereocenters. The predicted octanol–water partition coefficient (Wildman–Crippen LogP) is 2.26. The third-order valence-electron chi connectivity index (χ3n) is 3.78. The van der Waals surface area contributed by atoms with Crippen LogP contribution in [0.2, 0.25) is 0 Å². The number of rotatable bonds is 6. The Morgan fingerprint density at radius 1 is 1.23 bits per heavy atom. The van der Waals surface area contributed by atoms with Crippen LogP contribution < -0.4 is 0 Å². The van der Waals surface area contributed by atoms with Crippen LogP contribution in [-0.4, -0.2) is 41.1 Å². The molecule has 1 aliphatic heterocycles. The molecule has 0 N–H and O–H groups in total. The van der Waals surface area contributed by atoms with Crippen LogP contribution >= 0.6 is 0 Å². The molecule has 26 heavy (non-hydrogen) atoms. The van der Waals surface area contributed by atoms with E-state index in [0.717, 1.165) is 5.56 Å². The van der Waals surface area contributed by atoms with Gasteiger partial charge in [-0.1, -0.05) is 30.0 Å². The number of carbonyl (C=O) groups is 3. The molecule has 6 heteroatoms. The normalized spacial score (nSPS) is 17.0. The summed E-state index contributed by atoms with van der Waals surface area (Å²) in [5, 5.41) is 0. The molecule has 1 fully saturated rings. The maximum Gasteiger partial charge on any atom is 0.369 e. The zero-order valence-electron chi connectivity index (χ0n) is 15.2. The molecule has 138 valence electrons. The number of hydrogen-bond donors (Lipinski definition) is 0. The second kappa shape index (κ2) is 9.04. The fourth-order valence-electron chi connectivity index (χ4n) is 2.65. The van der Waals surface area contributed by atoms with E-state index in [-0.39, 0.29) is 18.1 Å². The predicted molar refractivity (Wildman–Crippen MR) is 94.6 cm³/mol. The van der Waals surface area contributed by atoms with E-state index in [4.69, 9.17) is 9.47 Å². The summed E-state index contributed by atoms with van der Waals surface area (Å²) in [6.45, 7) is 4.58. The van der Waals surface area contributed by atoms with Crippen molar-refractivity contribution in [2.75, 3.05) is 0 Å². The molecule has 6 nitrogen and oxygen atoms in total. The van der Waals surface area contributed by atoms with Crippen LogP contribution in [0.15, 0.2) is 30.3 Å². The van der Waals surface area contributed by atoms with Crippen molar-refractivity contribution in [1.82, 2.24) is 4.90 Å². The molecule has 0 aliphatic carbocycles. The van der Waals surface area contributed by atoms with Crippen molar-refractivity contribution in [2.24, 2.45) is 0 Å². The van der Waals surface area contributed by atoms with Crippen molar-refractivity contribution in [2.45, 2.75) is 58.4 Å². The fourth-order valence-corrected chi connectivity index (χ4v) is 2.65. The molecule has 2 unspecified atom stereocenters. The number of ether oxygens (including phenoxy) is 2. The third-order valence-corrected chi connectivity index (χ3v) is 3.78. The molecule has 0 saturated carbocycles. The van der Waals surface area contributed by atoms with E-state index in [0.29, 0.717) is 19.3 Å². The van der Waals surface area contributed by atoms with E-state index < -0.39 is 18.2 Å². The third kappa shape index (κ3) is 5.35. The summed E-state index contributed by atoms with van der Waals surface area (Å²) in [5.74, 6) is 4.51. The average Bonchev–Trinajstić information content (AvgIpc) is 2.56. The number of likely N-dealkylation sites (tertiary alicyclic amines) is 1. The largest absolute Gasteiger partial charge is 0.459 e. The number of esters is 2. The van der Waals surface area contributed by atoms with E-state index in [1.807, 2.05) is 30.3 Å². The van der Waals surface area contributed by atoms with Gasteiger partial charge >= 0.3 is 11.9 Å². The minimum absolute atomic E-state index is 0.198. The van der Waals surface area contributed by atoms with Crippen molar-refractivity contribution in [3.8, 4) is 11.8 Å². The summed E-state index contributed by atoms with van der Waals surface area (Å²) in [7, 11) is 0. The van der Waals surface area contributed by atoms with Crippen LogP contribution in [-0.2, 0) is 23.9 Å². The lowest BCUT2D eigenvalue weighted by Crippen LogP contribution is -2.61. The molecule has 2 rings (SSSR count). The van der Waals surface area contributed by atoms with E-state index in [2.05, 4.69) is 11.8 Å². The van der Waals surface area contributed by atoms with Gasteiger partial charge in [-0.3, -0.25) is 14.5 Å². The maximum absolute atomic E-state index is 12.2. The first-order chi connectivity index (χ1) is 12.4. The molecule has 0 spiro atoms. The van der Waals surface area contributed by atoms with Gasteiger partial charge in [0.2, 0.25) is 5.91 Å². The summed E-state index contributed by atoms with van der Waals surface area (Å²) < 4.78 is 10.2. The number of β-lactam (4-membered cyclic amide) rings is 1. The Bertz CT molecular complexity index is 717. The maximum atomic E-state index is 12.2. The average molecular weight is 357 g/mol. The topological polar surface area (TPSA) is 72.9 Å². The van der Waals surface area contributed by atoms with Crippen molar-refractivity contribution in [3.63, 3.8) is 0 Å². The van der Waals surface area contributed by atoms with E-state index in [1.54, 1.807) is 13.8 Å². The molecule has 1 amide bonds. The minimum atomic E-state index is -1.33. The molecular weight excluding hydrogens is 334 g/mol. The zero-order chi connectivity index (χ0) is 19.1. The van der Waals surface area contributed by atoms with Gasteiger partial charge in [-0.05, 0) is 32.4 Å². The first kappa shape index (κ1) is 19.5. The molecule has 1 aromatic carbocycles. The first-order valence-electron chi connectivity index (χ1n) is 8.61. The second-order valence-electron chi connectivity index (χ2n) is 6.31. The van der Waals surface area contributed by atoms with Crippen LogP contribution in [0.1, 0.15) is 45.6 Å². The number of hydrogen-bond acceptors (Lipinski definition) is 5. The summed E-state index contributed by atoms with van der Waals surface area (Å²) in [5.41, 5.74) is 0.923. The Balaban J connectivity index is 1.98. The highest BCUT2D eigenvalue weighted by atomic mass is 16.6. The Morgan fingerprint density at radius 3 is 2.50 bits per heavy atom. The Labute approximate surface area is 153 Å². The lowest BCUT2D eigenvalue weighted by atomic mass is 9.96. The SMILES string of the molecule is CC(=O)OC(C(=O)OC(C)C)N1C(=O)CC1CCC#Cc1ccccc1. The van der Waals surface area contributed by atoms with Gasteiger partial charge in [0.1, 0.15) is 0 Å². The standard InChI is InChI=1S/C20H23NO5/c1-14(2)25-20(24)19(26-15(3)22)21-17(13-18(21)23)12-8-7-11-16-9-5-4-6-10-16/h4-6,9-10,14,17,19H,8,12-13H2,1-3H3. The van der Waals surface area contributed by atoms with Crippen molar-refractivity contribution in [3.05, 3.63) is 35.9 Å². The van der Waals surface area contributed by atoms with Crippen LogP contribution in [0, 0.1) is 11.8 Å². The quantitative estimate of drug-likeness (QED) is 0.444. The molecular formula is C20H23NO5. The van der Waals surface area contributed by atoms with Gasteiger partial charge in [-0.15, -0.1) is 0 Å². The highest BCUT2D eigenvalue weighted by molar-refractivity contribution is 5.89. The van der Waals surface area contributed by atoms with Crippen LogP contribution in [0.4, 0.5) is 0 Å². The van der Waals surface area contributed by atoms with Gasteiger partial charge in [-0.2, -0.15) is 0 Å². The molecule has 1 aromatic rings. The highest BCUT2D eigenvalue weighted by Crippen LogP contribution is 2.27. The van der Waals surface area contributed by atoms with Crippen LogP contribution in [0.25, 0.3) is 0 Å². The van der Waals surface area contributed by atoms with Gasteiger partial charge in [0.15, 0.2) is 0 Å². The van der Waals surface area contributed by atoms with Gasteiger partial charge in [0, 0.05) is 31.4 Å². The Morgan fingerprint density at radius 2 is 1.92 bits per heavy atom. The number of amides is 1. The van der Waals surface area contributed by atoms with E-state index >= 15 is 0 Å². The lowest BCUT2D eigenvalue weighted by Gasteiger charge is -2.43. The van der Waals surface area contributed by atoms with Crippen molar-refractivity contribution >= 4 is 17.8 Å². The fraction of sp³-hybridized carbons (Fsp3) is 0.450. The first-order valence-corrected chi connectivity index (χ1v) is 8.61. The number of nitrogens with zero attached hydrogens (tertiary/aromatic N) is 1. The Kier molecular flexibility index (Phi) is 6.79. The Hall–Kier alpha value is -2.81. The molecule has 0 aromatic heterocycles.